The summed E-state index contributed by atoms with van der Waals surface area (Å²) in [4.78, 5) is 23.4. The molecule has 1 aliphatic heterocycles. The quantitative estimate of drug-likeness (QED) is 0.729. The van der Waals surface area contributed by atoms with Crippen molar-refractivity contribution in [2.24, 2.45) is 0 Å². The summed E-state index contributed by atoms with van der Waals surface area (Å²) in [6, 6.07) is 3.85. The minimum Gasteiger partial charge on any atom is -0.329 e. The Morgan fingerprint density at radius 2 is 2.27 bits per heavy atom. The molecule has 6 nitrogen and oxygen atoms in total. The fourth-order valence-corrected chi connectivity index (χ4v) is 3.49. The van der Waals surface area contributed by atoms with Gasteiger partial charge < -0.3 is 4.90 Å². The van der Waals surface area contributed by atoms with Crippen molar-refractivity contribution in [1.82, 2.24) is 24.5 Å². The van der Waals surface area contributed by atoms with E-state index in [9.17, 15) is 4.79 Å². The summed E-state index contributed by atoms with van der Waals surface area (Å²) in [5.74, 6) is 0.00105. The third-order valence-electron chi connectivity index (χ3n) is 4.04. The molecule has 4 heterocycles. The zero-order valence-corrected chi connectivity index (χ0v) is 12.7. The van der Waals surface area contributed by atoms with E-state index in [0.717, 1.165) is 37.1 Å². The minimum atomic E-state index is 0.00105. The van der Waals surface area contributed by atoms with Crippen LogP contribution >= 0.6 is 11.3 Å². The van der Waals surface area contributed by atoms with E-state index in [4.69, 9.17) is 0 Å². The van der Waals surface area contributed by atoms with Crippen LogP contribution in [0.3, 0.4) is 0 Å². The molecule has 112 valence electrons. The molecule has 4 rings (SSSR count). The van der Waals surface area contributed by atoms with Crippen LogP contribution in [0.2, 0.25) is 0 Å². The van der Waals surface area contributed by atoms with Crippen LogP contribution in [-0.4, -0.2) is 36.9 Å². The van der Waals surface area contributed by atoms with E-state index in [1.165, 1.54) is 11.3 Å². The number of hydrogen-bond acceptors (Lipinski definition) is 5. The first kappa shape index (κ1) is 13.4. The lowest BCUT2D eigenvalue weighted by atomic mass is 9.98. The molecule has 1 aliphatic rings. The lowest BCUT2D eigenvalue weighted by Gasteiger charge is -2.35. The molecule has 0 bridgehead atoms. The maximum absolute atomic E-state index is 12.7. The van der Waals surface area contributed by atoms with E-state index in [1.54, 1.807) is 16.2 Å². The van der Waals surface area contributed by atoms with Crippen LogP contribution in [0.15, 0.2) is 35.4 Å². The molecule has 0 spiro atoms. The van der Waals surface area contributed by atoms with Gasteiger partial charge in [-0.15, -0.1) is 11.3 Å². The average molecular weight is 313 g/mol. The highest BCUT2D eigenvalue weighted by Gasteiger charge is 2.30. The predicted molar refractivity (Wildman–Crippen MR) is 82.7 cm³/mol. The van der Waals surface area contributed by atoms with E-state index < -0.39 is 0 Å². The van der Waals surface area contributed by atoms with Crippen molar-refractivity contribution < 1.29 is 4.79 Å². The van der Waals surface area contributed by atoms with Crippen LogP contribution < -0.4 is 0 Å². The topological polar surface area (TPSA) is 63.4 Å². The first-order chi connectivity index (χ1) is 10.8. The smallest absolute Gasteiger partial charge is 0.273 e. The molecule has 0 N–H and O–H groups in total. The number of hydrogen-bond donors (Lipinski definition) is 0. The number of aromatic nitrogens is 4. The number of carbonyl (C=O) groups excluding carboxylic acids is 1. The first-order valence-electron chi connectivity index (χ1n) is 7.32. The highest BCUT2D eigenvalue weighted by molar-refractivity contribution is 7.07. The summed E-state index contributed by atoms with van der Waals surface area (Å²) in [5, 5.41) is 5.97. The van der Waals surface area contributed by atoms with E-state index in [-0.39, 0.29) is 11.9 Å². The van der Waals surface area contributed by atoms with Crippen molar-refractivity contribution in [2.75, 3.05) is 6.54 Å². The molecule has 1 saturated heterocycles. The highest BCUT2D eigenvalue weighted by atomic mass is 32.1. The Balaban J connectivity index is 1.69. The number of fused-ring (bicyclic) bond motifs is 1. The lowest BCUT2D eigenvalue weighted by molar-refractivity contribution is 0.0601. The minimum absolute atomic E-state index is 0.00105. The molecule has 0 aliphatic carbocycles. The Morgan fingerprint density at radius 3 is 3.14 bits per heavy atom. The van der Waals surface area contributed by atoms with Gasteiger partial charge in [0, 0.05) is 24.2 Å². The third-order valence-corrected chi connectivity index (χ3v) is 4.62. The summed E-state index contributed by atoms with van der Waals surface area (Å²) in [6.07, 6.45) is 6.70. The summed E-state index contributed by atoms with van der Waals surface area (Å²) < 4.78 is 1.74. The van der Waals surface area contributed by atoms with Crippen LogP contribution in [-0.2, 0) is 0 Å². The third kappa shape index (κ3) is 2.27. The average Bonchev–Trinajstić information content (AvgIpc) is 3.24. The molecule has 0 aromatic carbocycles. The first-order valence-corrected chi connectivity index (χ1v) is 8.27. The summed E-state index contributed by atoms with van der Waals surface area (Å²) >= 11 is 1.45. The maximum atomic E-state index is 12.7. The normalized spacial score (nSPS) is 18.7. The Labute approximate surface area is 131 Å². The molecule has 0 unspecified atom stereocenters. The largest absolute Gasteiger partial charge is 0.329 e. The summed E-state index contributed by atoms with van der Waals surface area (Å²) in [5.41, 5.74) is 3.96. The molecule has 1 atom stereocenters. The number of likely N-dealkylation sites (tertiary alicyclic amines) is 1. The van der Waals surface area contributed by atoms with Crippen molar-refractivity contribution in [3.8, 4) is 0 Å². The number of nitrogens with zero attached hydrogens (tertiary/aromatic N) is 5. The Bertz CT molecular complexity index is 797. The molecular weight excluding hydrogens is 298 g/mol. The van der Waals surface area contributed by atoms with Crippen LogP contribution in [0.5, 0.6) is 0 Å². The van der Waals surface area contributed by atoms with Crippen molar-refractivity contribution in [3.05, 3.63) is 46.8 Å². The molecule has 0 radical (unpaired) electrons. The Morgan fingerprint density at radius 1 is 1.32 bits per heavy atom. The highest BCUT2D eigenvalue weighted by Crippen LogP contribution is 2.31. The van der Waals surface area contributed by atoms with Gasteiger partial charge in [0.1, 0.15) is 5.69 Å². The number of thiazole rings is 1. The SMILES string of the molecule is O=C(c1cscn1)N1CCCC[C@H]1c1ccn2nccc2n1. The van der Waals surface area contributed by atoms with E-state index in [1.807, 2.05) is 28.6 Å². The van der Waals surface area contributed by atoms with Crippen molar-refractivity contribution >= 4 is 22.9 Å². The van der Waals surface area contributed by atoms with Gasteiger partial charge in [0.2, 0.25) is 0 Å². The molecule has 1 fully saturated rings. The van der Waals surface area contributed by atoms with Crippen LogP contribution in [0.4, 0.5) is 0 Å². The van der Waals surface area contributed by atoms with Crippen molar-refractivity contribution in [2.45, 2.75) is 25.3 Å². The molecule has 0 saturated carbocycles. The van der Waals surface area contributed by atoms with Gasteiger partial charge in [-0.25, -0.2) is 14.5 Å². The monoisotopic (exact) mass is 313 g/mol. The van der Waals surface area contributed by atoms with Crippen LogP contribution in [0.1, 0.15) is 41.5 Å². The summed E-state index contributed by atoms with van der Waals surface area (Å²) in [6.45, 7) is 0.757. The number of rotatable bonds is 2. The van der Waals surface area contributed by atoms with E-state index >= 15 is 0 Å². The van der Waals surface area contributed by atoms with Gasteiger partial charge in [0.15, 0.2) is 5.65 Å². The molecule has 3 aromatic rings. The molecule has 3 aromatic heterocycles. The standard InChI is InChI=1S/C15H15N5OS/c21-15(12-9-22-10-16-12)19-7-2-1-3-13(19)11-5-8-20-14(18-11)4-6-17-20/h4-6,8-10,13H,1-3,7H2/t13-/m0/s1. The summed E-state index contributed by atoms with van der Waals surface area (Å²) in [7, 11) is 0. The second kappa shape index (κ2) is 5.49. The fourth-order valence-electron chi connectivity index (χ4n) is 2.96. The van der Waals surface area contributed by atoms with Gasteiger partial charge in [0.05, 0.1) is 23.4 Å². The number of carbonyl (C=O) groups is 1. The fraction of sp³-hybridized carbons (Fsp3) is 0.333. The van der Waals surface area contributed by atoms with Crippen LogP contribution in [0.25, 0.3) is 5.65 Å². The second-order valence-electron chi connectivity index (χ2n) is 5.37. The molecule has 22 heavy (non-hydrogen) atoms. The number of amides is 1. The van der Waals surface area contributed by atoms with Gasteiger partial charge in [0.25, 0.3) is 5.91 Å². The zero-order valence-electron chi connectivity index (χ0n) is 11.9. The zero-order chi connectivity index (χ0) is 14.9. The van der Waals surface area contributed by atoms with Gasteiger partial charge in [-0.3, -0.25) is 4.79 Å². The van der Waals surface area contributed by atoms with Crippen molar-refractivity contribution in [3.63, 3.8) is 0 Å². The molecule has 1 amide bonds. The van der Waals surface area contributed by atoms with E-state index in [2.05, 4.69) is 15.1 Å². The van der Waals surface area contributed by atoms with Gasteiger partial charge in [-0.2, -0.15) is 5.10 Å². The molecule has 7 heteroatoms. The van der Waals surface area contributed by atoms with E-state index in [0.29, 0.717) is 5.69 Å². The van der Waals surface area contributed by atoms with Crippen molar-refractivity contribution in [1.29, 1.82) is 0 Å². The predicted octanol–water partition coefficient (Wildman–Crippen LogP) is 2.55. The molecular formula is C15H15N5OS. The van der Waals surface area contributed by atoms with Gasteiger partial charge in [-0.1, -0.05) is 0 Å². The second-order valence-corrected chi connectivity index (χ2v) is 6.09. The Kier molecular flexibility index (Phi) is 3.34. The number of piperidine rings is 1. The maximum Gasteiger partial charge on any atom is 0.273 e. The Hall–Kier alpha value is -2.28. The van der Waals surface area contributed by atoms with Gasteiger partial charge in [-0.05, 0) is 25.3 Å². The van der Waals surface area contributed by atoms with Gasteiger partial charge >= 0.3 is 0 Å². The lowest BCUT2D eigenvalue weighted by Crippen LogP contribution is -2.39. The van der Waals surface area contributed by atoms with Crippen LogP contribution in [0, 0.1) is 0 Å².